The van der Waals surface area contributed by atoms with Crippen molar-refractivity contribution in [2.24, 2.45) is 0 Å². The number of rotatable bonds is 7. The van der Waals surface area contributed by atoms with Gasteiger partial charge in [0.15, 0.2) is 0 Å². The average Bonchev–Trinajstić information content (AvgIpc) is 3.53. The second-order valence-electron chi connectivity index (χ2n) is 11.3. The van der Waals surface area contributed by atoms with E-state index in [4.69, 9.17) is 0 Å². The molecule has 0 unspecified atom stereocenters. The van der Waals surface area contributed by atoms with Gasteiger partial charge in [0.05, 0.1) is 0 Å². The van der Waals surface area contributed by atoms with Gasteiger partial charge in [-0.3, -0.25) is 0 Å². The fraction of sp³-hybridized carbons (Fsp3) is 0.257. The fourth-order valence-electron chi connectivity index (χ4n) is 6.84. The van der Waals surface area contributed by atoms with Crippen LogP contribution in [0.1, 0.15) is 62.8 Å². The molecule has 204 valence electrons. The maximum absolute atomic E-state index is 3.81. The maximum atomic E-state index is 2.71. The van der Waals surface area contributed by atoms with Gasteiger partial charge >= 0.3 is 228 Å². The summed E-state index contributed by atoms with van der Waals surface area (Å²) < 4.78 is 7.79. The molecule has 0 amide bonds. The number of benzene rings is 3. The topological polar surface area (TPSA) is 0 Å². The van der Waals surface area contributed by atoms with E-state index in [2.05, 4.69) is 130 Å². The van der Waals surface area contributed by atoms with E-state index in [0.717, 1.165) is 25.7 Å². The van der Waals surface area contributed by atoms with Crippen molar-refractivity contribution < 1.29 is 17.4 Å². The van der Waals surface area contributed by atoms with Crippen molar-refractivity contribution in [1.82, 2.24) is 0 Å². The van der Waals surface area contributed by atoms with Gasteiger partial charge in [0.1, 0.15) is 0 Å². The number of allylic oxidation sites excluding steroid dienone is 8. The summed E-state index contributed by atoms with van der Waals surface area (Å²) in [7, 11) is 0. The van der Waals surface area contributed by atoms with Crippen LogP contribution in [-0.2, 0) is 30.2 Å². The van der Waals surface area contributed by atoms with E-state index in [1.165, 1.54) is 44.5 Å². The van der Waals surface area contributed by atoms with Crippen molar-refractivity contribution in [3.05, 3.63) is 131 Å². The van der Waals surface area contributed by atoms with Gasteiger partial charge < -0.3 is 0 Å². The SMILES string of the molecule is CCc1ccc(C2=CC[C]([Zr]([CH3])(=[SiH2])([C]3=C(C)C(c4ccc(CC)cc4)=CC3)[c]3ccccc3)=C2C)cc1.Cl.Cl. The largest absolute Gasteiger partial charge is 0.147 e. The maximum Gasteiger partial charge on any atom is -0.147 e. The molecule has 0 nitrogen and oxygen atoms in total. The minimum Gasteiger partial charge on any atom is -0.147 e. The van der Waals surface area contributed by atoms with Crippen LogP contribution in [0.5, 0.6) is 0 Å². The summed E-state index contributed by atoms with van der Waals surface area (Å²) in [6, 6.07) is 30.1. The smallest absolute Gasteiger partial charge is 0.147 e. The molecular weight excluding hydrogens is 611 g/mol. The Morgan fingerprint density at radius 2 is 1.00 bits per heavy atom. The van der Waals surface area contributed by atoms with Crippen LogP contribution in [0.2, 0.25) is 4.63 Å². The molecule has 0 aromatic heterocycles. The summed E-state index contributed by atoms with van der Waals surface area (Å²) in [6.07, 6.45) is 9.36. The van der Waals surface area contributed by atoms with Crippen LogP contribution in [0.4, 0.5) is 0 Å². The molecule has 0 aliphatic heterocycles. The molecule has 0 atom stereocenters. The Labute approximate surface area is 250 Å². The van der Waals surface area contributed by atoms with Crippen molar-refractivity contribution in [2.45, 2.75) is 58.0 Å². The Morgan fingerprint density at radius 1 is 0.615 bits per heavy atom. The Morgan fingerprint density at radius 3 is 1.36 bits per heavy atom. The van der Waals surface area contributed by atoms with Gasteiger partial charge in [0.2, 0.25) is 0 Å². The Bertz CT molecular complexity index is 1440. The van der Waals surface area contributed by atoms with Gasteiger partial charge in [-0.2, -0.15) is 0 Å². The molecular formula is C35H42Cl2SiZr. The molecule has 2 aliphatic rings. The van der Waals surface area contributed by atoms with Crippen LogP contribution in [0, 0.1) is 0 Å². The van der Waals surface area contributed by atoms with Crippen molar-refractivity contribution >= 4 is 46.1 Å². The molecule has 0 saturated heterocycles. The quantitative estimate of drug-likeness (QED) is 0.224. The van der Waals surface area contributed by atoms with E-state index in [0.29, 0.717) is 0 Å². The van der Waals surface area contributed by atoms with Crippen LogP contribution in [0.15, 0.2) is 109 Å². The zero-order valence-electron chi connectivity index (χ0n) is 24.0. The van der Waals surface area contributed by atoms with E-state index in [1.807, 2.05) is 0 Å². The second-order valence-corrected chi connectivity index (χ2v) is 36.0. The molecule has 5 rings (SSSR count). The van der Waals surface area contributed by atoms with Crippen LogP contribution >= 0.6 is 24.8 Å². The molecule has 4 heteroatoms. The first-order valence-electron chi connectivity index (χ1n) is 13.9. The summed E-state index contributed by atoms with van der Waals surface area (Å²) >= 11 is -3.81. The fourth-order valence-corrected chi connectivity index (χ4v) is 27.3. The summed E-state index contributed by atoms with van der Waals surface area (Å²) in [6.45, 7) is 11.7. The summed E-state index contributed by atoms with van der Waals surface area (Å²) in [5.74, 6) is 0. The van der Waals surface area contributed by atoms with Gasteiger partial charge in [0.25, 0.3) is 0 Å². The Hall–Kier alpha value is -1.70. The van der Waals surface area contributed by atoms with Crippen molar-refractivity contribution in [1.29, 1.82) is 0 Å². The third-order valence-electron chi connectivity index (χ3n) is 9.27. The minimum absolute atomic E-state index is 0. The molecule has 0 saturated carbocycles. The van der Waals surface area contributed by atoms with Gasteiger partial charge in [-0.05, 0) is 0 Å². The van der Waals surface area contributed by atoms with E-state index in [1.54, 1.807) is 9.83 Å². The first-order chi connectivity index (χ1) is 17.8. The molecule has 0 N–H and O–H groups in total. The minimum atomic E-state index is -3.81. The molecule has 0 fully saturated rings. The standard InChI is InChI=1S/2C14H15.C6H5.CH3.2ClH.H2Si.Zr/c2*1-3-12-7-9-13(10-8-12)14-6-4-5-11(14)2;1-2-4-6-5-3-1;;;;;/h2*6-10H,3-4H2,1-2H3;1-5H;1H3;2*1H;1H2;. The first-order valence-corrected chi connectivity index (χ1v) is 25.9. The van der Waals surface area contributed by atoms with Crippen molar-refractivity contribution in [2.75, 3.05) is 0 Å². The van der Waals surface area contributed by atoms with E-state index in [-0.39, 0.29) is 24.8 Å². The summed E-state index contributed by atoms with van der Waals surface area (Å²) in [5.41, 5.74) is 11.5. The van der Waals surface area contributed by atoms with Gasteiger partial charge in [0, 0.05) is 0 Å². The molecule has 3 aromatic rings. The van der Waals surface area contributed by atoms with Crippen LogP contribution in [0.3, 0.4) is 0 Å². The number of hydrogen-bond acceptors (Lipinski definition) is 0. The average molecular weight is 653 g/mol. The molecule has 39 heavy (non-hydrogen) atoms. The van der Waals surface area contributed by atoms with Gasteiger partial charge in [-0.1, -0.05) is 0 Å². The zero-order chi connectivity index (χ0) is 26.2. The van der Waals surface area contributed by atoms with Gasteiger partial charge in [-0.25, -0.2) is 0 Å². The summed E-state index contributed by atoms with van der Waals surface area (Å²) in [5, 5.41) is 0. The van der Waals surface area contributed by atoms with Crippen LogP contribution in [0.25, 0.3) is 11.1 Å². The van der Waals surface area contributed by atoms with Gasteiger partial charge in [-0.15, -0.1) is 24.8 Å². The number of hydrogen-bond donors (Lipinski definition) is 0. The van der Waals surface area contributed by atoms with E-state index >= 15 is 0 Å². The van der Waals surface area contributed by atoms with Crippen LogP contribution < -0.4 is 3.27 Å². The molecule has 3 aromatic carbocycles. The third-order valence-corrected chi connectivity index (χ3v) is 32.3. The Kier molecular flexibility index (Phi) is 10.2. The molecule has 0 heterocycles. The van der Waals surface area contributed by atoms with E-state index in [9.17, 15) is 0 Å². The molecule has 2 aliphatic carbocycles. The van der Waals surface area contributed by atoms with Crippen LogP contribution in [-0.4, -0.2) is 6.88 Å². The third kappa shape index (κ3) is 5.48. The second kappa shape index (κ2) is 12.4. The first kappa shape index (κ1) is 31.8. The summed E-state index contributed by atoms with van der Waals surface area (Å²) in [4.78, 5) is 0. The number of aryl methyl sites for hydroxylation is 2. The Balaban J connectivity index is 0.00000210. The predicted octanol–water partition coefficient (Wildman–Crippen LogP) is 9.09. The van der Waals surface area contributed by atoms with Crippen molar-refractivity contribution in [3.8, 4) is 0 Å². The van der Waals surface area contributed by atoms with E-state index < -0.39 is 17.4 Å². The molecule has 0 bridgehead atoms. The monoisotopic (exact) mass is 650 g/mol. The van der Waals surface area contributed by atoms with Crippen molar-refractivity contribution in [3.63, 3.8) is 0 Å². The zero-order valence-corrected chi connectivity index (χ0v) is 29.5. The normalized spacial score (nSPS) is 15.5. The predicted molar refractivity (Wildman–Crippen MR) is 177 cm³/mol. The molecule has 0 radical (unpaired) electrons. The molecule has 0 spiro atoms. The number of halogens is 2.